The number of hydrogen-bond donors (Lipinski definition) is 0. The normalized spacial score (nSPS) is 13.4. The summed E-state index contributed by atoms with van der Waals surface area (Å²) in [5.74, 6) is 0.435. The summed E-state index contributed by atoms with van der Waals surface area (Å²) >= 11 is 0. The molecule has 25 heavy (non-hydrogen) atoms. The van der Waals surface area contributed by atoms with E-state index in [1.54, 1.807) is 0 Å². The highest BCUT2D eigenvalue weighted by Gasteiger charge is 2.08. The van der Waals surface area contributed by atoms with Crippen LogP contribution in [0.15, 0.2) is 103 Å². The van der Waals surface area contributed by atoms with Crippen molar-refractivity contribution < 1.29 is 0 Å². The molecular weight excluding hydrogens is 300 g/mol. The number of hydrogen-bond acceptors (Lipinski definition) is 0. The average Bonchev–Trinajstić information content (AvgIpc) is 3.18. The average molecular weight is 322 g/mol. The molecule has 0 N–H and O–H groups in total. The first kappa shape index (κ1) is 15.7. The fraction of sp³-hybridized carbons (Fsp3) is 0.120. The molecule has 122 valence electrons. The Labute approximate surface area is 150 Å². The SMILES string of the molecule is C1=CC(c2cccc(Cc3cccc(Cc4ccccc4)c3)c2)C=C1. The van der Waals surface area contributed by atoms with Gasteiger partial charge in [-0.25, -0.2) is 0 Å². The maximum absolute atomic E-state index is 2.34. The van der Waals surface area contributed by atoms with Gasteiger partial charge in [0.1, 0.15) is 0 Å². The molecule has 0 spiro atoms. The van der Waals surface area contributed by atoms with Gasteiger partial charge in [0.2, 0.25) is 0 Å². The monoisotopic (exact) mass is 322 g/mol. The first-order chi connectivity index (χ1) is 12.4. The van der Waals surface area contributed by atoms with E-state index < -0.39 is 0 Å². The topological polar surface area (TPSA) is 0 Å². The van der Waals surface area contributed by atoms with Crippen molar-refractivity contribution in [3.63, 3.8) is 0 Å². The molecular formula is C25H22. The summed E-state index contributed by atoms with van der Waals surface area (Å²) in [4.78, 5) is 0. The zero-order chi connectivity index (χ0) is 16.9. The van der Waals surface area contributed by atoms with Crippen LogP contribution in [-0.4, -0.2) is 0 Å². The van der Waals surface area contributed by atoms with E-state index in [0.29, 0.717) is 5.92 Å². The molecule has 4 rings (SSSR count). The van der Waals surface area contributed by atoms with Crippen molar-refractivity contribution >= 4 is 0 Å². The minimum absolute atomic E-state index is 0.435. The van der Waals surface area contributed by atoms with Gasteiger partial charge in [-0.3, -0.25) is 0 Å². The highest BCUT2D eigenvalue weighted by Crippen LogP contribution is 2.24. The molecule has 1 aliphatic carbocycles. The molecule has 1 aliphatic rings. The van der Waals surface area contributed by atoms with Crippen LogP contribution in [0.5, 0.6) is 0 Å². The predicted molar refractivity (Wildman–Crippen MR) is 106 cm³/mol. The van der Waals surface area contributed by atoms with Crippen LogP contribution in [0, 0.1) is 0 Å². The Balaban J connectivity index is 1.51. The molecule has 0 nitrogen and oxygen atoms in total. The summed E-state index contributed by atoms with van der Waals surface area (Å²) < 4.78 is 0. The van der Waals surface area contributed by atoms with Crippen molar-refractivity contribution in [2.75, 3.05) is 0 Å². The molecule has 3 aromatic carbocycles. The highest BCUT2D eigenvalue weighted by atomic mass is 14.1. The lowest BCUT2D eigenvalue weighted by Crippen LogP contribution is -1.95. The predicted octanol–water partition coefficient (Wildman–Crippen LogP) is 6.08. The maximum atomic E-state index is 2.34. The van der Waals surface area contributed by atoms with Crippen LogP contribution in [0.2, 0.25) is 0 Å². The molecule has 0 heterocycles. The van der Waals surface area contributed by atoms with Crippen molar-refractivity contribution in [3.05, 3.63) is 131 Å². The second-order valence-corrected chi connectivity index (χ2v) is 6.70. The summed E-state index contributed by atoms with van der Waals surface area (Å²) in [6.07, 6.45) is 10.7. The molecule has 0 fully saturated rings. The molecule has 0 aromatic heterocycles. The van der Waals surface area contributed by atoms with E-state index in [2.05, 4.69) is 103 Å². The van der Waals surface area contributed by atoms with E-state index in [9.17, 15) is 0 Å². The van der Waals surface area contributed by atoms with Gasteiger partial charge >= 0.3 is 0 Å². The maximum Gasteiger partial charge on any atom is 0.0204 e. The van der Waals surface area contributed by atoms with Crippen LogP contribution in [0.25, 0.3) is 0 Å². The van der Waals surface area contributed by atoms with Gasteiger partial charge in [-0.15, -0.1) is 0 Å². The Hall–Kier alpha value is -2.86. The third-order valence-electron chi connectivity index (χ3n) is 4.73. The smallest absolute Gasteiger partial charge is 0.0204 e. The number of rotatable bonds is 5. The first-order valence-electron chi connectivity index (χ1n) is 8.92. The fourth-order valence-corrected chi connectivity index (χ4v) is 3.48. The van der Waals surface area contributed by atoms with Crippen LogP contribution in [0.1, 0.15) is 33.7 Å². The Bertz CT molecular complexity index is 888. The van der Waals surface area contributed by atoms with Crippen LogP contribution < -0.4 is 0 Å². The van der Waals surface area contributed by atoms with Gasteiger partial charge in [0.05, 0.1) is 0 Å². The van der Waals surface area contributed by atoms with Gasteiger partial charge in [-0.05, 0) is 40.7 Å². The van der Waals surface area contributed by atoms with Crippen molar-refractivity contribution in [1.29, 1.82) is 0 Å². The minimum Gasteiger partial charge on any atom is -0.0732 e. The zero-order valence-corrected chi connectivity index (χ0v) is 14.3. The Morgan fingerprint density at radius 3 is 1.80 bits per heavy atom. The molecule has 0 amide bonds. The third-order valence-corrected chi connectivity index (χ3v) is 4.73. The molecule has 0 bridgehead atoms. The summed E-state index contributed by atoms with van der Waals surface area (Å²) in [5, 5.41) is 0. The third kappa shape index (κ3) is 3.97. The van der Waals surface area contributed by atoms with Crippen molar-refractivity contribution in [2.45, 2.75) is 18.8 Å². The van der Waals surface area contributed by atoms with Gasteiger partial charge in [0.25, 0.3) is 0 Å². The fourth-order valence-electron chi connectivity index (χ4n) is 3.48. The molecule has 0 radical (unpaired) electrons. The number of allylic oxidation sites excluding steroid dienone is 4. The molecule has 0 saturated heterocycles. The summed E-state index contributed by atoms with van der Waals surface area (Å²) in [5.41, 5.74) is 6.87. The first-order valence-corrected chi connectivity index (χ1v) is 8.92. The molecule has 3 aromatic rings. The van der Waals surface area contributed by atoms with E-state index in [4.69, 9.17) is 0 Å². The summed E-state index contributed by atoms with van der Waals surface area (Å²) in [7, 11) is 0. The van der Waals surface area contributed by atoms with Gasteiger partial charge in [-0.1, -0.05) is 103 Å². The van der Waals surface area contributed by atoms with Gasteiger partial charge in [0, 0.05) is 5.92 Å². The van der Waals surface area contributed by atoms with Crippen molar-refractivity contribution in [3.8, 4) is 0 Å². The van der Waals surface area contributed by atoms with Crippen LogP contribution in [0.3, 0.4) is 0 Å². The van der Waals surface area contributed by atoms with Crippen LogP contribution in [-0.2, 0) is 12.8 Å². The van der Waals surface area contributed by atoms with E-state index in [-0.39, 0.29) is 0 Å². The zero-order valence-electron chi connectivity index (χ0n) is 14.3. The molecule has 0 atom stereocenters. The molecule has 0 saturated carbocycles. The molecule has 0 heteroatoms. The lowest BCUT2D eigenvalue weighted by atomic mass is 9.95. The minimum atomic E-state index is 0.435. The van der Waals surface area contributed by atoms with E-state index in [0.717, 1.165) is 12.8 Å². The van der Waals surface area contributed by atoms with Gasteiger partial charge in [-0.2, -0.15) is 0 Å². The van der Waals surface area contributed by atoms with Crippen LogP contribution >= 0.6 is 0 Å². The van der Waals surface area contributed by atoms with Crippen molar-refractivity contribution in [1.82, 2.24) is 0 Å². The summed E-state index contributed by atoms with van der Waals surface area (Å²) in [6, 6.07) is 28.6. The van der Waals surface area contributed by atoms with E-state index in [1.165, 1.54) is 27.8 Å². The second kappa shape index (κ2) is 7.36. The van der Waals surface area contributed by atoms with Gasteiger partial charge < -0.3 is 0 Å². The number of benzene rings is 3. The molecule has 0 aliphatic heterocycles. The second-order valence-electron chi connectivity index (χ2n) is 6.70. The highest BCUT2D eigenvalue weighted by molar-refractivity contribution is 5.39. The van der Waals surface area contributed by atoms with E-state index in [1.807, 2.05) is 0 Å². The lowest BCUT2D eigenvalue weighted by molar-refractivity contribution is 1.08. The summed E-state index contributed by atoms with van der Waals surface area (Å²) in [6.45, 7) is 0. The largest absolute Gasteiger partial charge is 0.0732 e. The van der Waals surface area contributed by atoms with Crippen molar-refractivity contribution in [2.24, 2.45) is 0 Å². The molecule has 0 unspecified atom stereocenters. The standard InChI is InChI=1S/C25H22/c1-2-8-20(9-3-1)16-21-10-6-11-22(17-21)18-23-12-7-15-25(19-23)24-13-4-5-14-24/h1-15,17,19,24H,16,18H2. The van der Waals surface area contributed by atoms with Crippen LogP contribution in [0.4, 0.5) is 0 Å². The Morgan fingerprint density at radius 2 is 1.08 bits per heavy atom. The Morgan fingerprint density at radius 1 is 0.520 bits per heavy atom. The Kier molecular flexibility index (Phi) is 4.61. The van der Waals surface area contributed by atoms with Gasteiger partial charge in [0.15, 0.2) is 0 Å². The van der Waals surface area contributed by atoms with E-state index >= 15 is 0 Å². The lowest BCUT2D eigenvalue weighted by Gasteiger charge is -2.10. The quantitative estimate of drug-likeness (QED) is 0.534.